The summed E-state index contributed by atoms with van der Waals surface area (Å²) in [4.78, 5) is 27.4. The maximum absolute atomic E-state index is 11.7. The molecule has 2 aromatic carbocycles. The Kier molecular flexibility index (Phi) is 11.7. The summed E-state index contributed by atoms with van der Waals surface area (Å²) in [5.74, 6) is 0.717. The van der Waals surface area contributed by atoms with Crippen molar-refractivity contribution < 1.29 is 14.3 Å². The second-order valence-electron chi connectivity index (χ2n) is 9.61. The lowest BCUT2D eigenvalue weighted by Gasteiger charge is -2.25. The van der Waals surface area contributed by atoms with Gasteiger partial charge in [-0.1, -0.05) is 54.4 Å². The highest BCUT2D eigenvalue weighted by atomic mass is 35.5. The van der Waals surface area contributed by atoms with Gasteiger partial charge in [0.25, 0.3) is 0 Å². The van der Waals surface area contributed by atoms with E-state index in [0.29, 0.717) is 18.9 Å². The zero-order valence-corrected chi connectivity index (χ0v) is 22.9. The molecule has 0 saturated carbocycles. The number of hydrogen-bond acceptors (Lipinski definition) is 5. The largest absolute Gasteiger partial charge is 0.464 e. The summed E-state index contributed by atoms with van der Waals surface area (Å²) in [7, 11) is 0. The molecule has 36 heavy (non-hydrogen) atoms. The molecular formula is C29H38Cl2N2O3. The Morgan fingerprint density at radius 3 is 2.17 bits per heavy atom. The van der Waals surface area contributed by atoms with Crippen molar-refractivity contribution in [2.24, 2.45) is 0 Å². The number of Topliss-reactive ketones (excluding diaryl/α,β-unsaturated/α-hetero) is 1. The van der Waals surface area contributed by atoms with Crippen LogP contribution in [-0.4, -0.2) is 66.9 Å². The van der Waals surface area contributed by atoms with Crippen molar-refractivity contribution >= 4 is 35.0 Å². The number of likely N-dealkylation sites (tertiary alicyclic amines) is 2. The van der Waals surface area contributed by atoms with E-state index in [1.807, 2.05) is 43.3 Å². The molecule has 2 aromatic rings. The van der Waals surface area contributed by atoms with Gasteiger partial charge in [0, 0.05) is 29.6 Å². The van der Waals surface area contributed by atoms with E-state index in [1.54, 1.807) is 6.92 Å². The topological polar surface area (TPSA) is 49.9 Å². The molecule has 0 N–H and O–H groups in total. The summed E-state index contributed by atoms with van der Waals surface area (Å²) in [6, 6.07) is 15.9. The molecule has 0 aliphatic carbocycles. The zero-order chi connectivity index (χ0) is 25.9. The van der Waals surface area contributed by atoms with Gasteiger partial charge in [-0.3, -0.25) is 19.4 Å². The van der Waals surface area contributed by atoms with Crippen LogP contribution < -0.4 is 0 Å². The molecule has 0 bridgehead atoms. The highest BCUT2D eigenvalue weighted by molar-refractivity contribution is 6.30. The van der Waals surface area contributed by atoms with E-state index < -0.39 is 0 Å². The standard InChI is InChI=1S/C15H20ClNO2.C14H18ClNO/c1-2-15(18)19-10-9-17-8-7-13(11-17)12-3-5-14(16)6-4-12;1-11(17)14(16-8-2-3-9-16)10-12-4-6-13(15)7-5-12/h3-6,13H,2,7-11H2,1H3;4-7,14H,2-3,8-10H2,1H3. The van der Waals surface area contributed by atoms with E-state index in [4.69, 9.17) is 27.9 Å². The molecule has 2 fully saturated rings. The van der Waals surface area contributed by atoms with Crippen LogP contribution >= 0.6 is 23.2 Å². The minimum absolute atomic E-state index is 0.0404. The normalized spacial score (nSPS) is 18.9. The highest BCUT2D eigenvalue weighted by Gasteiger charge is 2.25. The molecule has 0 spiro atoms. The predicted octanol–water partition coefficient (Wildman–Crippen LogP) is 6.02. The summed E-state index contributed by atoms with van der Waals surface area (Å²) >= 11 is 11.8. The summed E-state index contributed by atoms with van der Waals surface area (Å²) in [6.45, 7) is 9.04. The fourth-order valence-electron chi connectivity index (χ4n) is 4.86. The van der Waals surface area contributed by atoms with Gasteiger partial charge < -0.3 is 4.74 Å². The van der Waals surface area contributed by atoms with Gasteiger partial charge in [-0.2, -0.15) is 0 Å². The summed E-state index contributed by atoms with van der Waals surface area (Å²) in [5, 5.41) is 1.53. The van der Waals surface area contributed by atoms with Crippen LogP contribution in [-0.2, 0) is 20.7 Å². The average molecular weight is 534 g/mol. The van der Waals surface area contributed by atoms with Crippen molar-refractivity contribution in [2.45, 2.75) is 57.9 Å². The number of carbonyl (C=O) groups excluding carboxylic acids is 2. The Bertz CT molecular complexity index is 959. The van der Waals surface area contributed by atoms with E-state index in [0.717, 1.165) is 55.6 Å². The number of carbonyl (C=O) groups is 2. The molecule has 7 heteroatoms. The number of ether oxygens (including phenoxy) is 1. The van der Waals surface area contributed by atoms with Crippen LogP contribution in [0.3, 0.4) is 0 Å². The van der Waals surface area contributed by atoms with Crippen LogP contribution in [0.4, 0.5) is 0 Å². The third kappa shape index (κ3) is 9.19. The number of esters is 1. The quantitative estimate of drug-likeness (QED) is 0.369. The molecule has 2 saturated heterocycles. The fraction of sp³-hybridized carbons (Fsp3) is 0.517. The first kappa shape index (κ1) is 28.6. The molecule has 4 rings (SSSR count). The van der Waals surface area contributed by atoms with Crippen LogP contribution in [0.2, 0.25) is 10.0 Å². The van der Waals surface area contributed by atoms with E-state index in [2.05, 4.69) is 21.9 Å². The predicted molar refractivity (Wildman–Crippen MR) is 147 cm³/mol. The summed E-state index contributed by atoms with van der Waals surface area (Å²) in [5.41, 5.74) is 2.53. The molecule has 0 radical (unpaired) electrons. The lowest BCUT2D eigenvalue weighted by Crippen LogP contribution is -2.39. The van der Waals surface area contributed by atoms with Crippen molar-refractivity contribution in [3.05, 3.63) is 69.7 Å². The van der Waals surface area contributed by atoms with Crippen molar-refractivity contribution in [3.8, 4) is 0 Å². The molecule has 0 amide bonds. The lowest BCUT2D eigenvalue weighted by atomic mass is 9.99. The monoisotopic (exact) mass is 532 g/mol. The number of halogens is 2. The number of rotatable bonds is 9. The molecular weight excluding hydrogens is 495 g/mol. The molecule has 2 heterocycles. The number of hydrogen-bond donors (Lipinski definition) is 0. The average Bonchev–Trinajstić information content (AvgIpc) is 3.57. The van der Waals surface area contributed by atoms with Gasteiger partial charge in [-0.25, -0.2) is 0 Å². The molecule has 2 atom stereocenters. The van der Waals surface area contributed by atoms with Crippen LogP contribution in [0.5, 0.6) is 0 Å². The van der Waals surface area contributed by atoms with Crippen LogP contribution in [0, 0.1) is 0 Å². The molecule has 2 unspecified atom stereocenters. The number of ketones is 1. The minimum Gasteiger partial charge on any atom is -0.464 e. The van der Waals surface area contributed by atoms with E-state index in [-0.39, 0.29) is 17.8 Å². The Balaban J connectivity index is 0.000000202. The maximum Gasteiger partial charge on any atom is 0.305 e. The van der Waals surface area contributed by atoms with E-state index in [1.165, 1.54) is 24.0 Å². The highest BCUT2D eigenvalue weighted by Crippen LogP contribution is 2.27. The second kappa shape index (κ2) is 14.7. The second-order valence-corrected chi connectivity index (χ2v) is 10.5. The first-order valence-electron chi connectivity index (χ1n) is 13.0. The Labute approximate surface area is 225 Å². The molecule has 5 nitrogen and oxygen atoms in total. The summed E-state index contributed by atoms with van der Waals surface area (Å²) < 4.78 is 5.11. The first-order chi connectivity index (χ1) is 17.4. The molecule has 2 aliphatic heterocycles. The van der Waals surface area contributed by atoms with Crippen LogP contribution in [0.25, 0.3) is 0 Å². The zero-order valence-electron chi connectivity index (χ0n) is 21.4. The van der Waals surface area contributed by atoms with Crippen LogP contribution in [0.15, 0.2) is 48.5 Å². The van der Waals surface area contributed by atoms with E-state index >= 15 is 0 Å². The van der Waals surface area contributed by atoms with Gasteiger partial charge in [0.1, 0.15) is 12.4 Å². The number of benzene rings is 2. The van der Waals surface area contributed by atoms with Gasteiger partial charge in [-0.15, -0.1) is 0 Å². The van der Waals surface area contributed by atoms with E-state index in [9.17, 15) is 9.59 Å². The molecule has 0 aromatic heterocycles. The SMILES string of the molecule is CC(=O)C(Cc1ccc(Cl)cc1)N1CCCC1.CCC(=O)OCCN1CCC(c2ccc(Cl)cc2)C1. The summed E-state index contributed by atoms with van der Waals surface area (Å²) in [6.07, 6.45) is 4.83. The lowest BCUT2D eigenvalue weighted by molar-refractivity contribution is -0.143. The van der Waals surface area contributed by atoms with Gasteiger partial charge in [0.15, 0.2) is 0 Å². The van der Waals surface area contributed by atoms with Crippen molar-refractivity contribution in [1.82, 2.24) is 9.80 Å². The number of nitrogens with zero attached hydrogens (tertiary/aromatic N) is 2. The Morgan fingerprint density at radius 2 is 1.58 bits per heavy atom. The molecule has 196 valence electrons. The minimum atomic E-state index is -0.117. The van der Waals surface area contributed by atoms with Crippen LogP contribution in [0.1, 0.15) is 56.6 Å². The smallest absolute Gasteiger partial charge is 0.305 e. The van der Waals surface area contributed by atoms with Crippen molar-refractivity contribution in [1.29, 1.82) is 0 Å². The molecule has 2 aliphatic rings. The fourth-order valence-corrected chi connectivity index (χ4v) is 5.11. The third-order valence-corrected chi connectivity index (χ3v) is 7.47. The van der Waals surface area contributed by atoms with Crippen molar-refractivity contribution in [2.75, 3.05) is 39.3 Å². The van der Waals surface area contributed by atoms with Gasteiger partial charge in [-0.05, 0) is 93.6 Å². The van der Waals surface area contributed by atoms with Gasteiger partial charge in [0.05, 0.1) is 6.04 Å². The van der Waals surface area contributed by atoms with Crippen molar-refractivity contribution in [3.63, 3.8) is 0 Å². The Hall–Kier alpha value is -1.92. The Morgan fingerprint density at radius 1 is 0.972 bits per heavy atom. The first-order valence-corrected chi connectivity index (χ1v) is 13.7. The third-order valence-electron chi connectivity index (χ3n) is 6.97. The van der Waals surface area contributed by atoms with Gasteiger partial charge >= 0.3 is 5.97 Å². The van der Waals surface area contributed by atoms with Gasteiger partial charge in [0.2, 0.25) is 0 Å². The maximum atomic E-state index is 11.7.